The van der Waals surface area contributed by atoms with Crippen LogP contribution >= 0.6 is 0 Å². The number of benzene rings is 1. The van der Waals surface area contributed by atoms with Crippen LogP contribution in [0.25, 0.3) is 10.8 Å². The molecule has 0 saturated carbocycles. The summed E-state index contributed by atoms with van der Waals surface area (Å²) >= 11 is 0. The third-order valence-corrected chi connectivity index (χ3v) is 3.42. The largest absolute Gasteiger partial charge is 0.459 e. The summed E-state index contributed by atoms with van der Waals surface area (Å²) in [6.45, 7) is 2.08. The summed E-state index contributed by atoms with van der Waals surface area (Å²) in [6, 6.07) is 9.70. The van der Waals surface area contributed by atoms with Gasteiger partial charge in [0.15, 0.2) is 11.5 Å². The first-order valence-electron chi connectivity index (χ1n) is 7.26. The maximum atomic E-state index is 12.4. The van der Waals surface area contributed by atoms with Gasteiger partial charge in [-0.3, -0.25) is 25.2 Å². The summed E-state index contributed by atoms with van der Waals surface area (Å²) in [5.74, 6) is -1.17. The Bertz CT molecular complexity index is 960. The molecule has 0 aliphatic heterocycles. The summed E-state index contributed by atoms with van der Waals surface area (Å²) in [4.78, 5) is 36.4. The number of nitrogens with zero attached hydrogens (tertiary/aromatic N) is 2. The number of furan rings is 1. The van der Waals surface area contributed by atoms with Gasteiger partial charge in [-0.1, -0.05) is 18.2 Å². The first-order valence-corrected chi connectivity index (χ1v) is 7.26. The molecule has 1 aromatic carbocycles. The first-order chi connectivity index (χ1) is 11.6. The van der Waals surface area contributed by atoms with E-state index >= 15 is 0 Å². The summed E-state index contributed by atoms with van der Waals surface area (Å²) in [6.07, 6.45) is 1.35. The topological polar surface area (TPSA) is 106 Å². The summed E-state index contributed by atoms with van der Waals surface area (Å²) in [5, 5.41) is 4.88. The van der Waals surface area contributed by atoms with Crippen molar-refractivity contribution in [3.05, 3.63) is 64.5 Å². The summed E-state index contributed by atoms with van der Waals surface area (Å²) in [7, 11) is 0. The highest BCUT2D eigenvalue weighted by molar-refractivity contribution is 6.05. The number of nitrogens with one attached hydrogen (secondary N) is 2. The molecule has 0 aliphatic carbocycles. The molecule has 0 aliphatic rings. The zero-order valence-corrected chi connectivity index (χ0v) is 12.8. The average molecular weight is 326 g/mol. The van der Waals surface area contributed by atoms with Gasteiger partial charge >= 0.3 is 5.91 Å². The second kappa shape index (κ2) is 6.37. The summed E-state index contributed by atoms with van der Waals surface area (Å²) < 4.78 is 6.13. The molecule has 0 unspecified atom stereocenters. The predicted molar refractivity (Wildman–Crippen MR) is 85.3 cm³/mol. The number of hydrogen-bond donors (Lipinski definition) is 2. The maximum Gasteiger partial charge on any atom is 0.305 e. The predicted octanol–water partition coefficient (Wildman–Crippen LogP) is 1.08. The monoisotopic (exact) mass is 326 g/mol. The van der Waals surface area contributed by atoms with Crippen molar-refractivity contribution in [1.29, 1.82) is 0 Å². The van der Waals surface area contributed by atoms with Crippen LogP contribution < -0.4 is 16.4 Å². The molecule has 8 heteroatoms. The van der Waals surface area contributed by atoms with Crippen LogP contribution in [0.4, 0.5) is 0 Å². The minimum atomic E-state index is -0.631. The Kier molecular flexibility index (Phi) is 4.11. The van der Waals surface area contributed by atoms with Gasteiger partial charge in [0.25, 0.3) is 11.5 Å². The Morgan fingerprint density at radius 2 is 1.79 bits per heavy atom. The van der Waals surface area contributed by atoms with Gasteiger partial charge in [0, 0.05) is 11.9 Å². The highest BCUT2D eigenvalue weighted by Gasteiger charge is 2.17. The van der Waals surface area contributed by atoms with Gasteiger partial charge in [0.05, 0.1) is 11.6 Å². The first kappa shape index (κ1) is 15.5. The van der Waals surface area contributed by atoms with E-state index in [0.717, 1.165) is 0 Å². The fourth-order valence-corrected chi connectivity index (χ4v) is 2.26. The van der Waals surface area contributed by atoms with Crippen molar-refractivity contribution in [3.63, 3.8) is 0 Å². The van der Waals surface area contributed by atoms with E-state index in [1.54, 1.807) is 37.3 Å². The van der Waals surface area contributed by atoms with E-state index in [9.17, 15) is 14.4 Å². The molecule has 2 amide bonds. The number of aromatic nitrogens is 2. The lowest BCUT2D eigenvalue weighted by molar-refractivity contribution is 0.0828. The van der Waals surface area contributed by atoms with Crippen LogP contribution in [0.15, 0.2) is 51.9 Å². The number of aryl methyl sites for hydroxylation is 1. The number of fused-ring (bicyclic) bond motifs is 1. The fraction of sp³-hybridized carbons (Fsp3) is 0.125. The zero-order valence-electron chi connectivity index (χ0n) is 12.8. The van der Waals surface area contributed by atoms with Crippen LogP contribution in [0.1, 0.15) is 28.0 Å². The van der Waals surface area contributed by atoms with E-state index in [2.05, 4.69) is 16.0 Å². The van der Waals surface area contributed by atoms with Crippen LogP contribution in [0.2, 0.25) is 0 Å². The Morgan fingerprint density at radius 1 is 1.08 bits per heavy atom. The molecule has 3 aromatic rings. The lowest BCUT2D eigenvalue weighted by Crippen LogP contribution is -2.42. The number of rotatable bonds is 3. The van der Waals surface area contributed by atoms with Crippen molar-refractivity contribution in [2.24, 2.45) is 0 Å². The molecule has 24 heavy (non-hydrogen) atoms. The second-order valence-corrected chi connectivity index (χ2v) is 4.90. The summed E-state index contributed by atoms with van der Waals surface area (Å²) in [5.41, 5.74) is 4.29. The Labute approximate surface area is 136 Å². The van der Waals surface area contributed by atoms with Gasteiger partial charge in [0.2, 0.25) is 0 Å². The van der Waals surface area contributed by atoms with E-state index in [4.69, 9.17) is 4.42 Å². The fourth-order valence-electron chi connectivity index (χ4n) is 2.26. The normalized spacial score (nSPS) is 10.5. The van der Waals surface area contributed by atoms with Gasteiger partial charge in [-0.25, -0.2) is 4.68 Å². The molecular weight excluding hydrogens is 312 g/mol. The molecule has 0 bridgehead atoms. The average Bonchev–Trinajstić information content (AvgIpc) is 3.15. The van der Waals surface area contributed by atoms with E-state index in [1.807, 2.05) is 0 Å². The van der Waals surface area contributed by atoms with Crippen molar-refractivity contribution in [1.82, 2.24) is 20.6 Å². The van der Waals surface area contributed by atoms with Crippen LogP contribution in [-0.2, 0) is 6.54 Å². The van der Waals surface area contributed by atoms with Gasteiger partial charge in [-0.05, 0) is 25.1 Å². The molecule has 2 N–H and O–H groups in total. The van der Waals surface area contributed by atoms with Crippen molar-refractivity contribution < 1.29 is 14.0 Å². The lowest BCUT2D eigenvalue weighted by atomic mass is 10.1. The zero-order chi connectivity index (χ0) is 17.1. The Morgan fingerprint density at radius 3 is 2.46 bits per heavy atom. The standard InChI is InChI=1S/C16H14N4O4/c1-2-20-16(23)11-7-4-3-6-10(11)13(19-20)15(22)18-17-14(21)12-8-5-9-24-12/h3-9H,2H2,1H3,(H,17,21)(H,18,22). The number of hydrogen-bond acceptors (Lipinski definition) is 5. The molecule has 0 saturated heterocycles. The number of amides is 2. The maximum absolute atomic E-state index is 12.4. The molecular formula is C16H14N4O4. The molecule has 0 spiro atoms. The molecule has 0 radical (unpaired) electrons. The molecule has 3 rings (SSSR count). The molecule has 2 heterocycles. The SMILES string of the molecule is CCn1nc(C(=O)NNC(=O)c2ccco2)c2ccccc2c1=O. The van der Waals surface area contributed by atoms with Crippen molar-refractivity contribution in [2.45, 2.75) is 13.5 Å². The highest BCUT2D eigenvalue weighted by Crippen LogP contribution is 2.13. The second-order valence-electron chi connectivity index (χ2n) is 4.90. The van der Waals surface area contributed by atoms with Crippen molar-refractivity contribution >= 4 is 22.6 Å². The Hall–Kier alpha value is -3.42. The lowest BCUT2D eigenvalue weighted by Gasteiger charge is -2.10. The minimum Gasteiger partial charge on any atom is -0.459 e. The molecule has 0 atom stereocenters. The van der Waals surface area contributed by atoms with Crippen molar-refractivity contribution in [3.8, 4) is 0 Å². The molecule has 2 aromatic heterocycles. The number of hydrazine groups is 1. The van der Waals surface area contributed by atoms with E-state index < -0.39 is 11.8 Å². The van der Waals surface area contributed by atoms with Gasteiger partial charge in [-0.2, -0.15) is 5.10 Å². The number of carbonyl (C=O) groups excluding carboxylic acids is 2. The number of carbonyl (C=O) groups is 2. The third-order valence-electron chi connectivity index (χ3n) is 3.42. The molecule has 0 fully saturated rings. The van der Waals surface area contributed by atoms with Crippen molar-refractivity contribution in [2.75, 3.05) is 0 Å². The van der Waals surface area contributed by atoms with Crippen LogP contribution in [0.3, 0.4) is 0 Å². The Balaban J connectivity index is 1.91. The van der Waals surface area contributed by atoms with E-state index in [1.165, 1.54) is 17.0 Å². The highest BCUT2D eigenvalue weighted by atomic mass is 16.3. The minimum absolute atomic E-state index is 0.0480. The van der Waals surface area contributed by atoms with Crippen LogP contribution in [-0.4, -0.2) is 21.6 Å². The molecule has 122 valence electrons. The van der Waals surface area contributed by atoms with E-state index in [-0.39, 0.29) is 17.0 Å². The van der Waals surface area contributed by atoms with Gasteiger partial charge in [-0.15, -0.1) is 0 Å². The smallest absolute Gasteiger partial charge is 0.305 e. The van der Waals surface area contributed by atoms with Crippen LogP contribution in [0.5, 0.6) is 0 Å². The van der Waals surface area contributed by atoms with Crippen LogP contribution in [0, 0.1) is 0 Å². The molecule has 8 nitrogen and oxygen atoms in total. The van der Waals surface area contributed by atoms with Gasteiger partial charge in [0.1, 0.15) is 0 Å². The third kappa shape index (κ3) is 2.76. The van der Waals surface area contributed by atoms with E-state index in [0.29, 0.717) is 17.3 Å². The quantitative estimate of drug-likeness (QED) is 0.701. The van der Waals surface area contributed by atoms with Gasteiger partial charge < -0.3 is 4.42 Å².